The Labute approximate surface area is 73.6 Å². The van der Waals surface area contributed by atoms with E-state index in [2.05, 4.69) is 21.1 Å². The third kappa shape index (κ3) is 11.0. The van der Waals surface area contributed by atoms with E-state index in [9.17, 15) is 4.79 Å². The summed E-state index contributed by atoms with van der Waals surface area (Å²) in [5.74, 6) is 0.281. The first kappa shape index (κ1) is 12.8. The van der Waals surface area contributed by atoms with E-state index in [1.165, 1.54) is 0 Å². The molecule has 0 heterocycles. The molecule has 0 aromatic heterocycles. The van der Waals surface area contributed by atoms with Gasteiger partial charge in [-0.3, -0.25) is 4.79 Å². The highest BCUT2D eigenvalue weighted by Crippen LogP contribution is 1.92. The highest BCUT2D eigenvalue weighted by atomic mass is 79.9. The second kappa shape index (κ2) is 4.85. The van der Waals surface area contributed by atoms with E-state index in [1.54, 1.807) is 6.92 Å². The van der Waals surface area contributed by atoms with Crippen molar-refractivity contribution in [3.8, 4) is 0 Å². The monoisotopic (exact) mass is 210 g/mol. The van der Waals surface area contributed by atoms with Gasteiger partial charge in [0.2, 0.25) is 0 Å². The largest absolute Gasteiger partial charge is 0.331 e. The summed E-state index contributed by atoms with van der Waals surface area (Å²) in [4.78, 5) is 10.5. The van der Waals surface area contributed by atoms with Gasteiger partial charge in [0, 0.05) is 0 Å². The van der Waals surface area contributed by atoms with Crippen molar-refractivity contribution < 1.29 is 9.28 Å². The van der Waals surface area contributed by atoms with E-state index in [0.717, 1.165) is 11.0 Å². The van der Waals surface area contributed by atoms with Crippen LogP contribution in [0.1, 0.15) is 13.3 Å². The molecule has 0 N–H and O–H groups in total. The van der Waals surface area contributed by atoms with Crippen LogP contribution in [0.2, 0.25) is 0 Å². The van der Waals surface area contributed by atoms with Crippen molar-refractivity contribution in [2.45, 2.75) is 13.3 Å². The number of carbonyl (C=O) groups is 1. The Hall–Kier alpha value is 0.110. The van der Waals surface area contributed by atoms with Gasteiger partial charge in [-0.1, -0.05) is 0 Å². The minimum absolute atomic E-state index is 0. The van der Waals surface area contributed by atoms with Gasteiger partial charge >= 0.3 is 0 Å². The molecular weight excluding hydrogens is 194 g/mol. The molecule has 0 aliphatic heterocycles. The van der Waals surface area contributed by atoms with E-state index in [-0.39, 0.29) is 22.8 Å². The van der Waals surface area contributed by atoms with Crippen LogP contribution in [-0.4, -0.2) is 38.0 Å². The molecule has 0 aromatic carbocycles. The van der Waals surface area contributed by atoms with Crippen LogP contribution in [0.3, 0.4) is 0 Å². The van der Waals surface area contributed by atoms with Crippen molar-refractivity contribution in [3.63, 3.8) is 0 Å². The maximum Gasteiger partial charge on any atom is 0.135 e. The molecule has 0 unspecified atom stereocenters. The van der Waals surface area contributed by atoms with Gasteiger partial charge in [-0.15, -0.1) is 17.0 Å². The predicted octanol–water partition coefficient (Wildman–Crippen LogP) is 1.25. The molecule has 0 amide bonds. The third-order valence-electron chi connectivity index (χ3n) is 1.13. The fourth-order valence-electron chi connectivity index (χ4n) is 0.493. The van der Waals surface area contributed by atoms with E-state index in [0.29, 0.717) is 6.42 Å². The third-order valence-corrected chi connectivity index (χ3v) is 1.13. The van der Waals surface area contributed by atoms with Gasteiger partial charge in [0.05, 0.1) is 34.1 Å². The smallest absolute Gasteiger partial charge is 0.135 e. The Bertz CT molecular complexity index is 107. The second-order valence-electron chi connectivity index (χ2n) is 3.47. The lowest BCUT2D eigenvalue weighted by Crippen LogP contribution is -2.36. The van der Waals surface area contributed by atoms with Gasteiger partial charge < -0.3 is 4.48 Å². The summed E-state index contributed by atoms with van der Waals surface area (Å²) >= 11 is 0. The molecule has 0 saturated carbocycles. The minimum atomic E-state index is 0. The van der Waals surface area contributed by atoms with E-state index >= 15 is 0 Å². The van der Waals surface area contributed by atoms with Crippen LogP contribution < -0.4 is 0 Å². The van der Waals surface area contributed by atoms with Crippen LogP contribution in [0.15, 0.2) is 0 Å². The molecule has 0 atom stereocenters. The van der Waals surface area contributed by atoms with Crippen molar-refractivity contribution in [3.05, 3.63) is 0 Å². The Morgan fingerprint density at radius 2 is 1.70 bits per heavy atom. The summed E-state index contributed by atoms with van der Waals surface area (Å²) in [7, 11) is 6.26. The van der Waals surface area contributed by atoms with Gasteiger partial charge in [-0.05, 0) is 6.92 Å². The summed E-state index contributed by atoms with van der Waals surface area (Å²) in [6.07, 6.45) is 0.698. The fraction of sp³-hybridized carbons (Fsp3) is 0.857. The fourth-order valence-corrected chi connectivity index (χ4v) is 0.493. The van der Waals surface area contributed by atoms with E-state index in [1.807, 2.05) is 0 Å². The molecule has 62 valence electrons. The number of ketones is 1. The van der Waals surface area contributed by atoms with Crippen LogP contribution in [0.4, 0.5) is 0 Å². The van der Waals surface area contributed by atoms with Gasteiger partial charge in [0.25, 0.3) is 0 Å². The normalized spacial score (nSPS) is 10.4. The molecule has 0 rings (SSSR count). The first-order valence-electron chi connectivity index (χ1n) is 3.22. The first-order valence-corrected chi connectivity index (χ1v) is 3.22. The number of carbonyl (C=O) groups excluding carboxylic acids is 1. The van der Waals surface area contributed by atoms with Crippen molar-refractivity contribution in [2.75, 3.05) is 27.7 Å². The zero-order valence-electron chi connectivity index (χ0n) is 7.18. The molecule has 0 bridgehead atoms. The van der Waals surface area contributed by atoms with Crippen molar-refractivity contribution in [2.24, 2.45) is 0 Å². The lowest BCUT2D eigenvalue weighted by Gasteiger charge is -2.22. The van der Waals surface area contributed by atoms with Crippen molar-refractivity contribution in [1.82, 2.24) is 0 Å². The van der Waals surface area contributed by atoms with Crippen molar-refractivity contribution >= 4 is 22.8 Å². The summed E-state index contributed by atoms with van der Waals surface area (Å²) in [5.41, 5.74) is 0. The molecule has 0 spiro atoms. The highest BCUT2D eigenvalue weighted by Gasteiger charge is 2.06. The summed E-state index contributed by atoms with van der Waals surface area (Å²) < 4.78 is 0.875. The van der Waals surface area contributed by atoms with Crippen LogP contribution in [0, 0.1) is 0 Å². The molecule has 0 aliphatic rings. The summed E-state index contributed by atoms with van der Waals surface area (Å²) in [6.45, 7) is 2.57. The van der Waals surface area contributed by atoms with Crippen LogP contribution in [-0.2, 0) is 4.79 Å². The quantitative estimate of drug-likeness (QED) is 0.642. The number of quaternary nitrogens is 1. The number of rotatable bonds is 3. The number of halogens is 1. The minimum Gasteiger partial charge on any atom is -0.331 e. The number of Topliss-reactive ketones (excluding diaryl/α,β-unsaturated/α-hetero) is 1. The molecular formula is C7H17BrNO+. The molecule has 0 saturated heterocycles. The topological polar surface area (TPSA) is 17.1 Å². The molecule has 0 fully saturated rings. The average molecular weight is 211 g/mol. The number of hydrogen-bond acceptors (Lipinski definition) is 1. The second-order valence-corrected chi connectivity index (χ2v) is 3.47. The maximum absolute atomic E-state index is 10.5. The average Bonchev–Trinajstić information content (AvgIpc) is 1.59. The van der Waals surface area contributed by atoms with Crippen LogP contribution in [0.25, 0.3) is 0 Å². The van der Waals surface area contributed by atoms with Gasteiger partial charge in [-0.2, -0.15) is 0 Å². The molecule has 10 heavy (non-hydrogen) atoms. The Morgan fingerprint density at radius 3 is 1.80 bits per heavy atom. The van der Waals surface area contributed by atoms with Gasteiger partial charge in [0.15, 0.2) is 0 Å². The Balaban J connectivity index is 0. The molecule has 0 aliphatic carbocycles. The molecule has 0 radical (unpaired) electrons. The van der Waals surface area contributed by atoms with Gasteiger partial charge in [0.1, 0.15) is 5.78 Å². The van der Waals surface area contributed by atoms with E-state index < -0.39 is 0 Å². The summed E-state index contributed by atoms with van der Waals surface area (Å²) in [6, 6.07) is 0. The Kier molecular flexibility index (Phi) is 6.19. The molecule has 2 nitrogen and oxygen atoms in total. The maximum atomic E-state index is 10.5. The standard InChI is InChI=1S/C7H16NO.BrH/c1-7(9)5-6-8(2,3)4;/h5-6H2,1-4H3;1H/q+1;. The lowest BCUT2D eigenvalue weighted by molar-refractivity contribution is -0.869. The zero-order chi connectivity index (χ0) is 7.49. The zero-order valence-corrected chi connectivity index (χ0v) is 8.89. The Morgan fingerprint density at radius 1 is 1.30 bits per heavy atom. The van der Waals surface area contributed by atoms with Crippen molar-refractivity contribution in [1.29, 1.82) is 0 Å². The number of nitrogens with zero attached hydrogens (tertiary/aromatic N) is 1. The predicted molar refractivity (Wildman–Crippen MR) is 48.5 cm³/mol. The molecule has 3 heteroatoms. The molecule has 0 aromatic rings. The highest BCUT2D eigenvalue weighted by molar-refractivity contribution is 8.93. The lowest BCUT2D eigenvalue weighted by atomic mass is 10.3. The first-order chi connectivity index (χ1) is 3.92. The SMILES string of the molecule is Br.CC(=O)CC[N+](C)(C)C. The number of hydrogen-bond donors (Lipinski definition) is 0. The van der Waals surface area contributed by atoms with Crippen LogP contribution >= 0.6 is 17.0 Å². The van der Waals surface area contributed by atoms with Crippen LogP contribution in [0.5, 0.6) is 0 Å². The van der Waals surface area contributed by atoms with Gasteiger partial charge in [-0.25, -0.2) is 0 Å². The van der Waals surface area contributed by atoms with E-state index in [4.69, 9.17) is 0 Å². The summed E-state index contributed by atoms with van der Waals surface area (Å²) in [5, 5.41) is 0.